The first-order valence-corrected chi connectivity index (χ1v) is 8.41. The van der Waals surface area contributed by atoms with E-state index in [9.17, 15) is 5.11 Å². The average molecular weight is 359 g/mol. The molecule has 5 heteroatoms. The number of hydrogen-bond donors (Lipinski definition) is 1. The highest BCUT2D eigenvalue weighted by molar-refractivity contribution is 9.10. The molecule has 120 valence electrons. The van der Waals surface area contributed by atoms with E-state index in [1.165, 1.54) is 0 Å². The Hall–Kier alpha value is -0.390. The zero-order chi connectivity index (χ0) is 15.8. The molecule has 0 aromatic carbocycles. The van der Waals surface area contributed by atoms with E-state index in [0.29, 0.717) is 11.8 Å². The highest BCUT2D eigenvalue weighted by Gasteiger charge is 2.44. The van der Waals surface area contributed by atoms with E-state index in [1.54, 1.807) is 7.11 Å². The zero-order valence-electron chi connectivity index (χ0n) is 13.7. The van der Waals surface area contributed by atoms with Crippen LogP contribution in [0.25, 0.3) is 0 Å². The number of nitrogens with zero attached hydrogens (tertiary/aromatic N) is 2. The smallest absolute Gasteiger partial charge is 0.0940 e. The Morgan fingerprint density at radius 2 is 1.90 bits per heavy atom. The van der Waals surface area contributed by atoms with Crippen molar-refractivity contribution in [2.45, 2.75) is 64.6 Å². The molecule has 1 saturated carbocycles. The second-order valence-corrected chi connectivity index (χ2v) is 7.92. The molecule has 4 nitrogen and oxygen atoms in total. The maximum atomic E-state index is 10.8. The van der Waals surface area contributed by atoms with Crippen LogP contribution in [0.5, 0.6) is 0 Å². The fraction of sp³-hybridized carbons (Fsp3) is 0.812. The van der Waals surface area contributed by atoms with Crippen LogP contribution in [0.3, 0.4) is 0 Å². The summed E-state index contributed by atoms with van der Waals surface area (Å²) in [6.45, 7) is 6.55. The predicted molar refractivity (Wildman–Crippen MR) is 87.3 cm³/mol. The van der Waals surface area contributed by atoms with Crippen molar-refractivity contribution in [2.24, 2.45) is 12.5 Å². The van der Waals surface area contributed by atoms with Gasteiger partial charge in [0, 0.05) is 20.6 Å². The molecule has 21 heavy (non-hydrogen) atoms. The van der Waals surface area contributed by atoms with Crippen LogP contribution >= 0.6 is 15.9 Å². The molecular formula is C16H27BrN2O2. The summed E-state index contributed by atoms with van der Waals surface area (Å²) >= 11 is 3.58. The van der Waals surface area contributed by atoms with Gasteiger partial charge in [0.1, 0.15) is 0 Å². The number of aliphatic hydroxyl groups excluding tert-OH is 1. The molecule has 0 aliphatic heterocycles. The van der Waals surface area contributed by atoms with Crippen molar-refractivity contribution < 1.29 is 9.84 Å². The van der Waals surface area contributed by atoms with Crippen LogP contribution in [-0.2, 0) is 18.2 Å². The fourth-order valence-corrected chi connectivity index (χ4v) is 3.79. The van der Waals surface area contributed by atoms with Gasteiger partial charge in [-0.3, -0.25) is 4.68 Å². The number of ether oxygens (including phenoxy) is 1. The van der Waals surface area contributed by atoms with Crippen LogP contribution in [0.4, 0.5) is 0 Å². The third kappa shape index (κ3) is 3.35. The van der Waals surface area contributed by atoms with E-state index in [2.05, 4.69) is 34.9 Å². The SMILES string of the molecule is COC1(C(O)Cc2c(Br)c(C)nn2C)CCC(C)(C)CC1. The van der Waals surface area contributed by atoms with Gasteiger partial charge in [-0.15, -0.1) is 0 Å². The molecule has 1 aromatic rings. The van der Waals surface area contributed by atoms with Gasteiger partial charge in [-0.2, -0.15) is 5.10 Å². The van der Waals surface area contributed by atoms with E-state index >= 15 is 0 Å². The summed E-state index contributed by atoms with van der Waals surface area (Å²) in [6.07, 6.45) is 4.04. The lowest BCUT2D eigenvalue weighted by Gasteiger charge is -2.45. The molecule has 1 fully saturated rings. The van der Waals surface area contributed by atoms with Crippen LogP contribution in [0.2, 0.25) is 0 Å². The van der Waals surface area contributed by atoms with Crippen LogP contribution in [0, 0.1) is 12.3 Å². The third-order valence-corrected chi connectivity index (χ3v) is 6.14. The minimum absolute atomic E-state index is 0.353. The van der Waals surface area contributed by atoms with Crippen molar-refractivity contribution in [3.05, 3.63) is 15.9 Å². The summed E-state index contributed by atoms with van der Waals surface area (Å²) in [5, 5.41) is 15.2. The number of hydrogen-bond acceptors (Lipinski definition) is 3. The van der Waals surface area contributed by atoms with Crippen molar-refractivity contribution in [3.8, 4) is 0 Å². The molecular weight excluding hydrogens is 332 g/mol. The van der Waals surface area contributed by atoms with Crippen LogP contribution < -0.4 is 0 Å². The summed E-state index contributed by atoms with van der Waals surface area (Å²) in [4.78, 5) is 0. The molecule has 1 heterocycles. The van der Waals surface area contributed by atoms with Crippen LogP contribution in [-0.4, -0.2) is 33.7 Å². The van der Waals surface area contributed by atoms with Gasteiger partial charge in [0.15, 0.2) is 0 Å². The van der Waals surface area contributed by atoms with Crippen molar-refractivity contribution in [1.29, 1.82) is 0 Å². The summed E-state index contributed by atoms with van der Waals surface area (Å²) in [5.74, 6) is 0. The second-order valence-electron chi connectivity index (χ2n) is 7.12. The van der Waals surface area contributed by atoms with E-state index in [-0.39, 0.29) is 0 Å². The van der Waals surface area contributed by atoms with Gasteiger partial charge in [0.05, 0.1) is 27.6 Å². The van der Waals surface area contributed by atoms with Crippen molar-refractivity contribution in [2.75, 3.05) is 7.11 Å². The van der Waals surface area contributed by atoms with Gasteiger partial charge < -0.3 is 9.84 Å². The Balaban J connectivity index is 2.16. The number of aliphatic hydroxyl groups is 1. The average Bonchev–Trinajstić information content (AvgIpc) is 2.66. The summed E-state index contributed by atoms with van der Waals surface area (Å²) in [5.41, 5.74) is 1.91. The van der Waals surface area contributed by atoms with Crippen LogP contribution in [0.1, 0.15) is 50.9 Å². The number of methoxy groups -OCH3 is 1. The Morgan fingerprint density at radius 3 is 2.33 bits per heavy atom. The summed E-state index contributed by atoms with van der Waals surface area (Å²) in [6, 6.07) is 0. The van der Waals surface area contributed by atoms with Crippen LogP contribution in [0.15, 0.2) is 4.47 Å². The maximum Gasteiger partial charge on any atom is 0.0940 e. The molecule has 0 bridgehead atoms. The van der Waals surface area contributed by atoms with Gasteiger partial charge >= 0.3 is 0 Å². The van der Waals surface area contributed by atoms with Crippen molar-refractivity contribution in [1.82, 2.24) is 9.78 Å². The van der Waals surface area contributed by atoms with E-state index in [4.69, 9.17) is 4.74 Å². The maximum absolute atomic E-state index is 10.8. The summed E-state index contributed by atoms with van der Waals surface area (Å²) < 4.78 is 8.64. The number of aryl methyl sites for hydroxylation is 2. The second kappa shape index (κ2) is 6.01. The van der Waals surface area contributed by atoms with E-state index < -0.39 is 11.7 Å². The van der Waals surface area contributed by atoms with Gasteiger partial charge in [-0.05, 0) is 54.0 Å². The lowest BCUT2D eigenvalue weighted by atomic mass is 9.68. The van der Waals surface area contributed by atoms with Crippen molar-refractivity contribution >= 4 is 15.9 Å². The van der Waals surface area contributed by atoms with Gasteiger partial charge in [-0.1, -0.05) is 13.8 Å². The first-order valence-electron chi connectivity index (χ1n) is 7.62. The monoisotopic (exact) mass is 358 g/mol. The van der Waals surface area contributed by atoms with Gasteiger partial charge in [0.2, 0.25) is 0 Å². The molecule has 1 aromatic heterocycles. The topological polar surface area (TPSA) is 47.3 Å². The molecule has 0 radical (unpaired) electrons. The first-order chi connectivity index (χ1) is 9.71. The lowest BCUT2D eigenvalue weighted by molar-refractivity contribution is -0.135. The largest absolute Gasteiger partial charge is 0.390 e. The molecule has 1 aliphatic carbocycles. The highest BCUT2D eigenvalue weighted by Crippen LogP contribution is 2.44. The van der Waals surface area contributed by atoms with Gasteiger partial charge in [0.25, 0.3) is 0 Å². The molecule has 0 amide bonds. The van der Waals surface area contributed by atoms with Crippen molar-refractivity contribution in [3.63, 3.8) is 0 Å². The quantitative estimate of drug-likeness (QED) is 0.897. The number of rotatable bonds is 4. The molecule has 1 unspecified atom stereocenters. The third-order valence-electron chi connectivity index (χ3n) is 5.11. The zero-order valence-corrected chi connectivity index (χ0v) is 15.3. The minimum atomic E-state index is -0.510. The van der Waals surface area contributed by atoms with Gasteiger partial charge in [-0.25, -0.2) is 0 Å². The standard InChI is InChI=1S/C16H27BrN2O2/c1-11-14(17)12(19(4)18-11)10-13(20)16(21-5)8-6-15(2,3)7-9-16/h13,20H,6-10H2,1-5H3. The Morgan fingerprint density at radius 1 is 1.33 bits per heavy atom. The molecule has 0 saturated heterocycles. The summed E-state index contributed by atoms with van der Waals surface area (Å²) in [7, 11) is 3.65. The van der Waals surface area contributed by atoms with E-state index in [1.807, 2.05) is 18.7 Å². The molecule has 1 N–H and O–H groups in total. The molecule has 0 spiro atoms. The molecule has 1 aliphatic rings. The number of halogens is 1. The van der Waals surface area contributed by atoms with E-state index in [0.717, 1.165) is 41.5 Å². The fourth-order valence-electron chi connectivity index (χ4n) is 3.29. The number of aromatic nitrogens is 2. The minimum Gasteiger partial charge on any atom is -0.390 e. The molecule has 2 rings (SSSR count). The Labute approximate surface area is 136 Å². The first kappa shape index (κ1) is 17.0. The Kier molecular flexibility index (Phi) is 4.86. The predicted octanol–water partition coefficient (Wildman–Crippen LogP) is 3.38. The normalized spacial score (nSPS) is 22.2. The molecule has 1 atom stereocenters. The highest BCUT2D eigenvalue weighted by atomic mass is 79.9. The lowest BCUT2D eigenvalue weighted by Crippen LogP contribution is -2.49. The Bertz CT molecular complexity index is 501.